The van der Waals surface area contributed by atoms with Crippen molar-refractivity contribution in [1.82, 2.24) is 0 Å². The van der Waals surface area contributed by atoms with Crippen molar-refractivity contribution < 1.29 is 20.1 Å². The van der Waals surface area contributed by atoms with Crippen LogP contribution in [-0.2, 0) is 0 Å². The molecule has 88 valence electrons. The Labute approximate surface area is 97.9 Å². The lowest BCUT2D eigenvalue weighted by Crippen LogP contribution is -2.23. The molecule has 1 rings (SSSR count). The van der Waals surface area contributed by atoms with Crippen molar-refractivity contribution >= 4 is 24.3 Å². The molecule has 0 spiro atoms. The predicted molar refractivity (Wildman–Crippen MR) is 62.6 cm³/mol. The number of hydrogen-bond donors (Lipinski definition) is 5. The maximum Gasteiger partial charge on any atom is 0.336 e. The fourth-order valence-electron chi connectivity index (χ4n) is 1.39. The standard InChI is InChI=1S/C10H13NO4S/c11-6-3-1-2-5(10(14)15)8(6)9(13)7(12)4-16/h1-3,7,9,12-13,16H,4,11H2,(H,14,15). The second-order valence-corrected chi connectivity index (χ2v) is 3.67. The molecule has 5 N–H and O–H groups in total. The molecule has 0 fully saturated rings. The first-order valence-corrected chi connectivity index (χ1v) is 5.21. The number of rotatable bonds is 4. The first-order valence-electron chi connectivity index (χ1n) is 4.57. The Morgan fingerprint density at radius 1 is 1.44 bits per heavy atom. The fraction of sp³-hybridized carbons (Fsp3) is 0.300. The molecule has 0 aromatic heterocycles. The molecule has 0 bridgehead atoms. The summed E-state index contributed by atoms with van der Waals surface area (Å²) in [5.74, 6) is -1.19. The normalized spacial score (nSPS) is 14.4. The number of aromatic carboxylic acids is 1. The largest absolute Gasteiger partial charge is 0.478 e. The zero-order valence-electron chi connectivity index (χ0n) is 8.37. The van der Waals surface area contributed by atoms with Crippen LogP contribution < -0.4 is 5.73 Å². The molecule has 0 amide bonds. The van der Waals surface area contributed by atoms with Crippen molar-refractivity contribution in [3.8, 4) is 0 Å². The molecule has 5 nitrogen and oxygen atoms in total. The van der Waals surface area contributed by atoms with Gasteiger partial charge in [0.05, 0.1) is 11.7 Å². The van der Waals surface area contributed by atoms with Gasteiger partial charge < -0.3 is 21.1 Å². The van der Waals surface area contributed by atoms with Gasteiger partial charge in [0, 0.05) is 17.0 Å². The Hall–Kier alpha value is -1.24. The molecule has 2 unspecified atom stereocenters. The molecule has 0 radical (unpaired) electrons. The average Bonchev–Trinajstić information content (AvgIpc) is 2.26. The van der Waals surface area contributed by atoms with E-state index in [1.807, 2.05) is 0 Å². The first-order chi connectivity index (χ1) is 7.49. The molecule has 1 aromatic carbocycles. The summed E-state index contributed by atoms with van der Waals surface area (Å²) >= 11 is 3.83. The number of thiol groups is 1. The number of aliphatic hydroxyl groups excluding tert-OH is 2. The average molecular weight is 243 g/mol. The van der Waals surface area contributed by atoms with Gasteiger partial charge in [0.25, 0.3) is 0 Å². The number of carboxylic acids is 1. The van der Waals surface area contributed by atoms with Crippen LogP contribution in [0.4, 0.5) is 5.69 Å². The third kappa shape index (κ3) is 2.46. The quantitative estimate of drug-likeness (QED) is 0.386. The number of carbonyl (C=O) groups is 1. The molecule has 0 aliphatic carbocycles. The van der Waals surface area contributed by atoms with E-state index in [9.17, 15) is 15.0 Å². The Kier molecular flexibility index (Phi) is 4.17. The van der Waals surface area contributed by atoms with E-state index in [-0.39, 0.29) is 22.6 Å². The number of anilines is 1. The van der Waals surface area contributed by atoms with Gasteiger partial charge in [-0.05, 0) is 12.1 Å². The number of nitrogens with two attached hydrogens (primary N) is 1. The summed E-state index contributed by atoms with van der Waals surface area (Å²) in [6.07, 6.45) is -2.52. The Morgan fingerprint density at radius 3 is 2.56 bits per heavy atom. The summed E-state index contributed by atoms with van der Waals surface area (Å²) in [6.45, 7) is 0. The summed E-state index contributed by atoms with van der Waals surface area (Å²) < 4.78 is 0. The van der Waals surface area contributed by atoms with Crippen molar-refractivity contribution in [2.75, 3.05) is 11.5 Å². The second-order valence-electron chi connectivity index (χ2n) is 3.31. The number of nitrogen functional groups attached to an aromatic ring is 1. The molecule has 2 atom stereocenters. The molecule has 0 heterocycles. The van der Waals surface area contributed by atoms with Crippen LogP contribution in [0.15, 0.2) is 18.2 Å². The van der Waals surface area contributed by atoms with Gasteiger partial charge in [0.15, 0.2) is 0 Å². The van der Waals surface area contributed by atoms with Crippen LogP contribution in [-0.4, -0.2) is 33.1 Å². The van der Waals surface area contributed by atoms with Crippen LogP contribution >= 0.6 is 12.6 Å². The number of benzene rings is 1. The van der Waals surface area contributed by atoms with E-state index in [1.54, 1.807) is 0 Å². The Bertz CT molecular complexity index is 396. The van der Waals surface area contributed by atoms with Crippen molar-refractivity contribution in [2.45, 2.75) is 12.2 Å². The second kappa shape index (κ2) is 5.20. The minimum absolute atomic E-state index is 0.00849. The lowest BCUT2D eigenvalue weighted by atomic mass is 9.97. The summed E-state index contributed by atoms with van der Waals surface area (Å²) in [4.78, 5) is 10.9. The van der Waals surface area contributed by atoms with E-state index in [4.69, 9.17) is 10.8 Å². The van der Waals surface area contributed by atoms with E-state index >= 15 is 0 Å². The van der Waals surface area contributed by atoms with Crippen LogP contribution in [0.3, 0.4) is 0 Å². The van der Waals surface area contributed by atoms with Gasteiger partial charge in [-0.25, -0.2) is 4.79 Å². The lowest BCUT2D eigenvalue weighted by molar-refractivity contribution is 0.0327. The van der Waals surface area contributed by atoms with Crippen LogP contribution in [0.5, 0.6) is 0 Å². The highest BCUT2D eigenvalue weighted by Crippen LogP contribution is 2.27. The monoisotopic (exact) mass is 243 g/mol. The maximum atomic E-state index is 10.9. The topological polar surface area (TPSA) is 104 Å². The minimum atomic E-state index is -1.36. The molecule has 16 heavy (non-hydrogen) atoms. The van der Waals surface area contributed by atoms with Crippen LogP contribution in [0.2, 0.25) is 0 Å². The van der Waals surface area contributed by atoms with E-state index in [1.165, 1.54) is 18.2 Å². The fourth-order valence-corrected chi connectivity index (χ4v) is 1.59. The van der Waals surface area contributed by atoms with E-state index in [0.29, 0.717) is 0 Å². The highest BCUT2D eigenvalue weighted by Gasteiger charge is 2.24. The molecule has 0 aliphatic heterocycles. The van der Waals surface area contributed by atoms with Crippen LogP contribution in [0, 0.1) is 0 Å². The zero-order valence-corrected chi connectivity index (χ0v) is 9.26. The van der Waals surface area contributed by atoms with Crippen molar-refractivity contribution in [3.05, 3.63) is 29.3 Å². The number of aliphatic hydroxyl groups is 2. The number of carboxylic acid groups (broad SMARTS) is 1. The highest BCUT2D eigenvalue weighted by molar-refractivity contribution is 7.80. The van der Waals surface area contributed by atoms with Gasteiger partial charge in [0.1, 0.15) is 6.10 Å². The Balaban J connectivity index is 3.24. The van der Waals surface area contributed by atoms with Gasteiger partial charge in [0.2, 0.25) is 0 Å². The van der Waals surface area contributed by atoms with Crippen LogP contribution in [0.25, 0.3) is 0 Å². The first kappa shape index (κ1) is 12.8. The molecule has 6 heteroatoms. The molecule has 1 aromatic rings. The van der Waals surface area contributed by atoms with Crippen molar-refractivity contribution in [3.63, 3.8) is 0 Å². The zero-order chi connectivity index (χ0) is 12.3. The van der Waals surface area contributed by atoms with E-state index in [0.717, 1.165) is 0 Å². The summed E-state index contributed by atoms with van der Waals surface area (Å²) in [6, 6.07) is 4.26. The van der Waals surface area contributed by atoms with Crippen LogP contribution in [0.1, 0.15) is 22.0 Å². The van der Waals surface area contributed by atoms with Gasteiger partial charge in [-0.15, -0.1) is 0 Å². The van der Waals surface area contributed by atoms with E-state index in [2.05, 4.69) is 12.6 Å². The summed E-state index contributed by atoms with van der Waals surface area (Å²) in [5, 5.41) is 28.1. The SMILES string of the molecule is Nc1cccc(C(=O)O)c1C(O)C(O)CS. The van der Waals surface area contributed by atoms with E-state index < -0.39 is 18.2 Å². The van der Waals surface area contributed by atoms with Crippen molar-refractivity contribution in [2.24, 2.45) is 0 Å². The van der Waals surface area contributed by atoms with Gasteiger partial charge in [-0.2, -0.15) is 12.6 Å². The molecular formula is C10H13NO4S. The predicted octanol–water partition coefficient (Wildman–Crippen LogP) is 0.291. The number of hydrogen-bond acceptors (Lipinski definition) is 5. The maximum absolute atomic E-state index is 10.9. The molecule has 0 saturated carbocycles. The molecule has 0 aliphatic rings. The lowest BCUT2D eigenvalue weighted by Gasteiger charge is -2.19. The third-order valence-electron chi connectivity index (χ3n) is 2.22. The van der Waals surface area contributed by atoms with Gasteiger partial charge >= 0.3 is 5.97 Å². The summed E-state index contributed by atoms with van der Waals surface area (Å²) in [7, 11) is 0. The third-order valence-corrected chi connectivity index (χ3v) is 2.59. The minimum Gasteiger partial charge on any atom is -0.478 e. The van der Waals surface area contributed by atoms with Gasteiger partial charge in [-0.3, -0.25) is 0 Å². The Morgan fingerprint density at radius 2 is 2.06 bits per heavy atom. The molecular weight excluding hydrogens is 230 g/mol. The summed E-state index contributed by atoms with van der Waals surface area (Å²) in [5.41, 5.74) is 5.63. The van der Waals surface area contributed by atoms with Gasteiger partial charge in [-0.1, -0.05) is 6.07 Å². The smallest absolute Gasteiger partial charge is 0.336 e. The highest BCUT2D eigenvalue weighted by atomic mass is 32.1. The molecule has 0 saturated heterocycles. The van der Waals surface area contributed by atoms with Crippen molar-refractivity contribution in [1.29, 1.82) is 0 Å².